The molecule has 3 aliphatic rings. The highest BCUT2D eigenvalue weighted by molar-refractivity contribution is 6.00. The number of hydrogen-bond donors (Lipinski definition) is 2. The van der Waals surface area contributed by atoms with E-state index in [1.165, 1.54) is 5.56 Å². The molecule has 2 heterocycles. The smallest absolute Gasteiger partial charge is 0.161 e. The third-order valence-corrected chi connectivity index (χ3v) is 5.76. The van der Waals surface area contributed by atoms with Gasteiger partial charge in [0.05, 0.1) is 20.8 Å². The lowest BCUT2D eigenvalue weighted by Crippen LogP contribution is -2.54. The summed E-state index contributed by atoms with van der Waals surface area (Å²) in [6, 6.07) is 4.11. The minimum absolute atomic E-state index is 0.0210. The first kappa shape index (κ1) is 18.2. The predicted octanol–water partition coefficient (Wildman–Crippen LogP) is 2.47. The first-order valence-corrected chi connectivity index (χ1v) is 9.35. The van der Waals surface area contributed by atoms with Crippen molar-refractivity contribution < 1.29 is 19.3 Å². The van der Waals surface area contributed by atoms with E-state index in [2.05, 4.69) is 11.0 Å². The number of benzene rings is 1. The topological polar surface area (TPSA) is 75.0 Å². The van der Waals surface area contributed by atoms with Gasteiger partial charge in [0.15, 0.2) is 11.5 Å². The highest BCUT2D eigenvalue weighted by Gasteiger charge is 2.44. The molecule has 3 unspecified atom stereocenters. The van der Waals surface area contributed by atoms with Gasteiger partial charge in [0.1, 0.15) is 6.23 Å². The quantitative estimate of drug-likeness (QED) is 0.852. The van der Waals surface area contributed by atoms with Crippen molar-refractivity contribution in [1.82, 2.24) is 4.90 Å². The van der Waals surface area contributed by atoms with Crippen molar-refractivity contribution in [2.24, 2.45) is 5.92 Å². The van der Waals surface area contributed by atoms with Crippen LogP contribution < -0.4 is 9.47 Å². The lowest BCUT2D eigenvalue weighted by molar-refractivity contribution is -0.143. The summed E-state index contributed by atoms with van der Waals surface area (Å²) < 4.78 is 17.1. The second kappa shape index (κ2) is 7.46. The molecule has 1 aromatic carbocycles. The zero-order chi connectivity index (χ0) is 19.0. The number of aliphatic hydroxyl groups excluding tert-OH is 1. The van der Waals surface area contributed by atoms with Crippen LogP contribution in [0.5, 0.6) is 11.5 Å². The van der Waals surface area contributed by atoms with Crippen molar-refractivity contribution in [2.75, 3.05) is 34.0 Å². The largest absolute Gasteiger partial charge is 0.493 e. The predicted molar refractivity (Wildman–Crippen MR) is 103 cm³/mol. The van der Waals surface area contributed by atoms with Crippen LogP contribution in [0, 0.1) is 11.3 Å². The number of aliphatic hydroxyl groups is 1. The van der Waals surface area contributed by atoms with Crippen molar-refractivity contribution in [3.63, 3.8) is 0 Å². The molecule has 1 aromatic rings. The lowest BCUT2D eigenvalue weighted by Gasteiger charge is -2.49. The lowest BCUT2D eigenvalue weighted by atomic mass is 9.82. The highest BCUT2D eigenvalue weighted by Crippen LogP contribution is 2.45. The third kappa shape index (κ3) is 3.08. The molecule has 144 valence electrons. The van der Waals surface area contributed by atoms with Gasteiger partial charge in [-0.3, -0.25) is 4.90 Å². The van der Waals surface area contributed by atoms with Gasteiger partial charge in [-0.15, -0.1) is 0 Å². The average Bonchev–Trinajstić information content (AvgIpc) is 2.72. The van der Waals surface area contributed by atoms with Crippen LogP contribution in [-0.2, 0) is 11.2 Å². The maximum atomic E-state index is 10.0. The number of allylic oxidation sites excluding steroid dienone is 3. The molecule has 6 nitrogen and oxygen atoms in total. The van der Waals surface area contributed by atoms with Gasteiger partial charge < -0.3 is 24.7 Å². The molecule has 27 heavy (non-hydrogen) atoms. The minimum atomic E-state index is -0.253. The minimum Gasteiger partial charge on any atom is -0.493 e. The van der Waals surface area contributed by atoms with Crippen molar-refractivity contribution in [3.05, 3.63) is 47.1 Å². The Morgan fingerprint density at radius 3 is 2.74 bits per heavy atom. The van der Waals surface area contributed by atoms with E-state index in [4.69, 9.17) is 19.6 Å². The van der Waals surface area contributed by atoms with Crippen LogP contribution in [0.2, 0.25) is 0 Å². The first-order valence-electron chi connectivity index (χ1n) is 9.35. The molecule has 0 radical (unpaired) electrons. The van der Waals surface area contributed by atoms with Crippen molar-refractivity contribution in [3.8, 4) is 11.5 Å². The average molecular weight is 370 g/mol. The fraction of sp³-hybridized carbons (Fsp3) is 0.476. The fourth-order valence-electron chi connectivity index (χ4n) is 4.41. The summed E-state index contributed by atoms with van der Waals surface area (Å²) in [7, 11) is 3.29. The molecule has 2 aliphatic heterocycles. The molecule has 4 rings (SSSR count). The van der Waals surface area contributed by atoms with Gasteiger partial charge in [-0.25, -0.2) is 0 Å². The summed E-state index contributed by atoms with van der Waals surface area (Å²) in [6.45, 7) is 1.32. The van der Waals surface area contributed by atoms with Crippen LogP contribution in [0.15, 0.2) is 35.9 Å². The molecule has 0 aromatic heterocycles. The first-order chi connectivity index (χ1) is 13.2. The monoisotopic (exact) mass is 370 g/mol. The maximum absolute atomic E-state index is 10.0. The van der Waals surface area contributed by atoms with Gasteiger partial charge in [0.2, 0.25) is 0 Å². The molecule has 1 fully saturated rings. The maximum Gasteiger partial charge on any atom is 0.161 e. The summed E-state index contributed by atoms with van der Waals surface area (Å²) in [5, 5.41) is 18.3. The second-order valence-corrected chi connectivity index (χ2v) is 7.20. The van der Waals surface area contributed by atoms with Crippen LogP contribution >= 0.6 is 0 Å². The zero-order valence-corrected chi connectivity index (χ0v) is 15.8. The summed E-state index contributed by atoms with van der Waals surface area (Å²) in [6.07, 6.45) is 7.21. The Morgan fingerprint density at radius 1 is 1.26 bits per heavy atom. The normalized spacial score (nSPS) is 27.6. The van der Waals surface area contributed by atoms with Gasteiger partial charge >= 0.3 is 0 Å². The Kier molecular flexibility index (Phi) is 5.04. The number of ether oxygens (including phenoxy) is 3. The number of hydrogen-bond acceptors (Lipinski definition) is 6. The third-order valence-electron chi connectivity index (χ3n) is 5.76. The van der Waals surface area contributed by atoms with Crippen LogP contribution in [0.25, 0.3) is 0 Å². The summed E-state index contributed by atoms with van der Waals surface area (Å²) in [5.74, 6) is 1.41. The number of nitrogens with one attached hydrogen (secondary N) is 1. The van der Waals surface area contributed by atoms with Crippen molar-refractivity contribution in [2.45, 2.75) is 25.1 Å². The van der Waals surface area contributed by atoms with E-state index in [-0.39, 0.29) is 24.8 Å². The SMILES string of the molecule is COc1cc2c(cc1OC)C1C(CO)COC(C3=CC=CCC3=N)N1CC2. The Balaban J connectivity index is 1.76. The molecule has 6 heteroatoms. The van der Waals surface area contributed by atoms with Crippen LogP contribution in [0.4, 0.5) is 0 Å². The van der Waals surface area contributed by atoms with Crippen molar-refractivity contribution in [1.29, 1.82) is 5.41 Å². The van der Waals surface area contributed by atoms with E-state index < -0.39 is 0 Å². The molecule has 0 spiro atoms. The van der Waals surface area contributed by atoms with Gasteiger partial charge in [-0.1, -0.05) is 18.2 Å². The Hall–Kier alpha value is -2.15. The van der Waals surface area contributed by atoms with Crippen LogP contribution in [0.1, 0.15) is 23.6 Å². The molecule has 1 saturated heterocycles. The van der Waals surface area contributed by atoms with Gasteiger partial charge in [-0.2, -0.15) is 0 Å². The zero-order valence-electron chi connectivity index (χ0n) is 15.8. The van der Waals surface area contributed by atoms with E-state index in [9.17, 15) is 5.11 Å². The van der Waals surface area contributed by atoms with Crippen LogP contribution in [0.3, 0.4) is 0 Å². The van der Waals surface area contributed by atoms with Gasteiger partial charge in [-0.05, 0) is 29.7 Å². The Labute approximate surface area is 159 Å². The molecule has 0 saturated carbocycles. The molecule has 3 atom stereocenters. The number of methoxy groups -OCH3 is 2. The van der Waals surface area contributed by atoms with E-state index in [0.717, 1.165) is 29.9 Å². The van der Waals surface area contributed by atoms with E-state index in [1.54, 1.807) is 14.2 Å². The van der Waals surface area contributed by atoms with E-state index >= 15 is 0 Å². The molecule has 0 bridgehead atoms. The summed E-state index contributed by atoms with van der Waals surface area (Å²) >= 11 is 0. The fourth-order valence-corrected chi connectivity index (χ4v) is 4.41. The van der Waals surface area contributed by atoms with Crippen molar-refractivity contribution >= 4 is 5.71 Å². The standard InChI is InChI=1S/C21H26N2O4/c1-25-18-9-13-7-8-23-20(16(13)10-19(18)26-2)14(11-24)12-27-21(23)15-5-3-4-6-17(15)22/h3-5,9-10,14,20-22,24H,6-8,11-12H2,1-2H3. The molecule has 1 aliphatic carbocycles. The molecule has 2 N–H and O–H groups in total. The van der Waals surface area contributed by atoms with Gasteiger partial charge in [0.25, 0.3) is 0 Å². The van der Waals surface area contributed by atoms with E-state index in [0.29, 0.717) is 24.5 Å². The molecule has 0 amide bonds. The number of rotatable bonds is 4. The molecular weight excluding hydrogens is 344 g/mol. The van der Waals surface area contributed by atoms with E-state index in [1.807, 2.05) is 24.3 Å². The highest BCUT2D eigenvalue weighted by atomic mass is 16.5. The Bertz CT molecular complexity index is 802. The number of fused-ring (bicyclic) bond motifs is 3. The summed E-state index contributed by atoms with van der Waals surface area (Å²) in [5.41, 5.74) is 3.90. The Morgan fingerprint density at radius 2 is 2.04 bits per heavy atom. The van der Waals surface area contributed by atoms with Crippen LogP contribution in [-0.4, -0.2) is 55.9 Å². The molecular formula is C21H26N2O4. The second-order valence-electron chi connectivity index (χ2n) is 7.20. The van der Waals surface area contributed by atoms with Gasteiger partial charge in [0, 0.05) is 42.8 Å². The number of nitrogens with zero attached hydrogens (tertiary/aromatic N) is 1. The summed E-state index contributed by atoms with van der Waals surface area (Å²) in [4.78, 5) is 2.29.